The summed E-state index contributed by atoms with van der Waals surface area (Å²) < 4.78 is 10.6. The molecule has 0 bridgehead atoms. The first-order chi connectivity index (χ1) is 19.2. The minimum absolute atomic E-state index is 0.0212. The fourth-order valence-electron chi connectivity index (χ4n) is 5.86. The molecule has 2 unspecified atom stereocenters. The number of primary amides is 1. The molecule has 0 radical (unpaired) electrons. The minimum Gasteiger partial charge on any atom is -0.368 e. The average molecular weight is 569 g/mol. The number of hydrogen-bond acceptors (Lipinski definition) is 8. The van der Waals surface area contributed by atoms with E-state index in [2.05, 4.69) is 23.3 Å². The maximum Gasteiger partial charge on any atom is 0.240 e. The van der Waals surface area contributed by atoms with Gasteiger partial charge in [-0.15, -0.1) is 0 Å². The van der Waals surface area contributed by atoms with Gasteiger partial charge in [-0.05, 0) is 50.4 Å². The van der Waals surface area contributed by atoms with Gasteiger partial charge in [-0.3, -0.25) is 14.4 Å². The van der Waals surface area contributed by atoms with Gasteiger partial charge in [0.15, 0.2) is 0 Å². The van der Waals surface area contributed by atoms with E-state index in [0.29, 0.717) is 36.9 Å². The number of carbonyl (C=O) groups excluding carboxylic acids is 3. The number of rotatable bonds is 7. The summed E-state index contributed by atoms with van der Waals surface area (Å²) in [4.78, 5) is 40.6. The molecule has 2 saturated heterocycles. The summed E-state index contributed by atoms with van der Waals surface area (Å²) in [6, 6.07) is 4.99. The van der Waals surface area contributed by atoms with E-state index in [1.807, 2.05) is 54.5 Å². The van der Waals surface area contributed by atoms with Crippen LogP contribution in [0.1, 0.15) is 89.1 Å². The molecule has 2 aliphatic heterocycles. The van der Waals surface area contributed by atoms with Gasteiger partial charge in [0.1, 0.15) is 35.4 Å². The number of carbonyl (C=O) groups is 3. The molecule has 11 heteroatoms. The van der Waals surface area contributed by atoms with Crippen molar-refractivity contribution < 1.29 is 23.4 Å². The van der Waals surface area contributed by atoms with Gasteiger partial charge >= 0.3 is 0 Å². The Morgan fingerprint density at radius 2 is 1.32 bits per heavy atom. The van der Waals surface area contributed by atoms with Crippen molar-refractivity contribution in [2.45, 2.75) is 92.2 Å². The van der Waals surface area contributed by atoms with Gasteiger partial charge in [-0.2, -0.15) is 5.26 Å². The van der Waals surface area contributed by atoms with E-state index in [9.17, 15) is 19.6 Å². The van der Waals surface area contributed by atoms with Crippen LogP contribution in [-0.4, -0.2) is 63.0 Å². The summed E-state index contributed by atoms with van der Waals surface area (Å²) in [5.41, 5.74) is 6.95. The second kappa shape index (κ2) is 13.3. The van der Waals surface area contributed by atoms with Crippen molar-refractivity contribution in [1.82, 2.24) is 20.1 Å². The van der Waals surface area contributed by atoms with Crippen LogP contribution in [0.25, 0.3) is 0 Å². The SMILES string of the molecule is Cc1cc(C(C(=O)N2C[C@H](C)C[C@H]2C#N)C(C)C)on1.Cc1cc(C(C(=O)N2C[C@H](C)C[C@H]2C(N)=O)C(C)C)on1. The van der Waals surface area contributed by atoms with Crippen molar-refractivity contribution in [2.75, 3.05) is 13.1 Å². The lowest BCUT2D eigenvalue weighted by Crippen LogP contribution is -2.46. The van der Waals surface area contributed by atoms with Gasteiger partial charge in [0, 0.05) is 25.2 Å². The largest absolute Gasteiger partial charge is 0.368 e. The normalized spacial score (nSPS) is 23.7. The summed E-state index contributed by atoms with van der Waals surface area (Å²) in [6.07, 6.45) is 1.38. The Labute approximate surface area is 242 Å². The molecule has 41 heavy (non-hydrogen) atoms. The Bertz CT molecular complexity index is 1260. The number of nitrogens with two attached hydrogens (primary N) is 1. The maximum absolute atomic E-state index is 12.9. The van der Waals surface area contributed by atoms with E-state index in [1.165, 1.54) is 0 Å². The maximum atomic E-state index is 12.9. The minimum atomic E-state index is -0.516. The smallest absolute Gasteiger partial charge is 0.240 e. The van der Waals surface area contributed by atoms with E-state index in [-0.39, 0.29) is 41.5 Å². The van der Waals surface area contributed by atoms with Crippen LogP contribution in [0.2, 0.25) is 0 Å². The summed E-state index contributed by atoms with van der Waals surface area (Å²) in [6.45, 7) is 16.8. The summed E-state index contributed by atoms with van der Waals surface area (Å²) >= 11 is 0. The number of nitriles is 1. The van der Waals surface area contributed by atoms with Crippen LogP contribution < -0.4 is 5.73 Å². The Morgan fingerprint density at radius 1 is 0.878 bits per heavy atom. The second-order valence-electron chi connectivity index (χ2n) is 12.4. The zero-order valence-corrected chi connectivity index (χ0v) is 25.5. The van der Waals surface area contributed by atoms with Crippen molar-refractivity contribution in [1.29, 1.82) is 5.26 Å². The molecule has 2 aromatic rings. The van der Waals surface area contributed by atoms with Crippen molar-refractivity contribution in [3.8, 4) is 6.07 Å². The number of aromatic nitrogens is 2. The van der Waals surface area contributed by atoms with Crippen LogP contribution in [-0.2, 0) is 14.4 Å². The molecule has 3 amide bonds. The molecule has 4 heterocycles. The molecule has 0 aromatic carbocycles. The molecular weight excluding hydrogens is 524 g/mol. The predicted molar refractivity (Wildman–Crippen MR) is 151 cm³/mol. The third kappa shape index (κ3) is 7.34. The van der Waals surface area contributed by atoms with Gasteiger partial charge in [-0.25, -0.2) is 0 Å². The third-order valence-electron chi connectivity index (χ3n) is 7.83. The highest BCUT2D eigenvalue weighted by Gasteiger charge is 2.42. The lowest BCUT2D eigenvalue weighted by atomic mass is 9.91. The van der Waals surface area contributed by atoms with E-state index < -0.39 is 17.9 Å². The molecule has 0 saturated carbocycles. The van der Waals surface area contributed by atoms with Crippen molar-refractivity contribution >= 4 is 17.7 Å². The average Bonchev–Trinajstić information content (AvgIpc) is 3.67. The highest BCUT2D eigenvalue weighted by Crippen LogP contribution is 2.33. The summed E-state index contributed by atoms with van der Waals surface area (Å²) in [5, 5.41) is 17.0. The molecule has 2 N–H and O–H groups in total. The first kappa shape index (κ1) is 31.8. The van der Waals surface area contributed by atoms with Crippen LogP contribution in [0.4, 0.5) is 0 Å². The lowest BCUT2D eigenvalue weighted by molar-refractivity contribution is -0.139. The van der Waals surface area contributed by atoms with Crippen LogP contribution in [0, 0.1) is 48.9 Å². The number of aryl methyl sites for hydroxylation is 2. The quantitative estimate of drug-likeness (QED) is 0.526. The van der Waals surface area contributed by atoms with Gasteiger partial charge in [-0.1, -0.05) is 51.9 Å². The first-order valence-corrected chi connectivity index (χ1v) is 14.4. The van der Waals surface area contributed by atoms with Crippen LogP contribution >= 0.6 is 0 Å². The van der Waals surface area contributed by atoms with Gasteiger partial charge in [0.05, 0.1) is 17.5 Å². The molecular formula is C30H44N6O5. The fourth-order valence-corrected chi connectivity index (χ4v) is 5.86. The van der Waals surface area contributed by atoms with E-state index in [4.69, 9.17) is 14.8 Å². The monoisotopic (exact) mass is 568 g/mol. The van der Waals surface area contributed by atoms with E-state index >= 15 is 0 Å². The number of amides is 3. The van der Waals surface area contributed by atoms with Crippen molar-refractivity contribution in [3.05, 3.63) is 35.0 Å². The topological polar surface area (TPSA) is 160 Å². The Morgan fingerprint density at radius 3 is 1.71 bits per heavy atom. The van der Waals surface area contributed by atoms with Crippen molar-refractivity contribution in [2.24, 2.45) is 29.4 Å². The van der Waals surface area contributed by atoms with Gasteiger partial charge in [0.25, 0.3) is 0 Å². The summed E-state index contributed by atoms with van der Waals surface area (Å²) in [7, 11) is 0. The van der Waals surface area contributed by atoms with Gasteiger partial charge < -0.3 is 24.6 Å². The molecule has 6 atom stereocenters. The van der Waals surface area contributed by atoms with Crippen LogP contribution in [0.15, 0.2) is 21.2 Å². The molecule has 0 spiro atoms. The van der Waals surface area contributed by atoms with Gasteiger partial charge in [0.2, 0.25) is 17.7 Å². The highest BCUT2D eigenvalue weighted by atomic mass is 16.5. The van der Waals surface area contributed by atoms with Crippen LogP contribution in [0.3, 0.4) is 0 Å². The zero-order valence-electron chi connectivity index (χ0n) is 25.5. The molecule has 4 rings (SSSR count). The molecule has 2 aliphatic rings. The highest BCUT2D eigenvalue weighted by molar-refractivity contribution is 5.90. The third-order valence-corrected chi connectivity index (χ3v) is 7.83. The second-order valence-corrected chi connectivity index (χ2v) is 12.4. The fraction of sp³-hybridized carbons (Fsp3) is 0.667. The standard InChI is InChI=1S/C15H23N3O3.C15H21N3O2/c1-8(2)13(12-6-10(4)17-21-12)15(20)18-7-9(3)5-11(18)14(16)19;1-9(2)14(13-6-11(4)17-20-13)15(19)18-8-10(3)5-12(18)7-16/h6,8-9,11,13H,5,7H2,1-4H3,(H2,16,19);6,9-10,12,14H,5,8H2,1-4H3/t9-,11+,13?;10-,12+,14?/m11/s1. The Balaban J connectivity index is 0.000000226. The Hall–Kier alpha value is -3.68. The number of hydrogen-bond donors (Lipinski definition) is 1. The molecule has 224 valence electrons. The number of likely N-dealkylation sites (tertiary alicyclic amines) is 2. The van der Waals surface area contributed by atoms with Crippen molar-refractivity contribution in [3.63, 3.8) is 0 Å². The lowest BCUT2D eigenvalue weighted by Gasteiger charge is -2.27. The van der Waals surface area contributed by atoms with E-state index in [1.54, 1.807) is 15.9 Å². The molecule has 11 nitrogen and oxygen atoms in total. The first-order valence-electron chi connectivity index (χ1n) is 14.4. The summed E-state index contributed by atoms with van der Waals surface area (Å²) in [5.74, 6) is 0.581. The predicted octanol–water partition coefficient (Wildman–Crippen LogP) is 3.93. The molecule has 0 aliphatic carbocycles. The van der Waals surface area contributed by atoms with Crippen LogP contribution in [0.5, 0.6) is 0 Å². The van der Waals surface area contributed by atoms with E-state index in [0.717, 1.165) is 17.8 Å². The number of nitrogens with zero attached hydrogens (tertiary/aromatic N) is 5. The molecule has 2 aromatic heterocycles. The Kier molecular flexibility index (Phi) is 10.3. The zero-order chi connectivity index (χ0) is 30.6. The molecule has 2 fully saturated rings.